The van der Waals surface area contributed by atoms with E-state index >= 15 is 0 Å². The van der Waals surface area contributed by atoms with Crippen molar-refractivity contribution in [3.05, 3.63) is 137 Å². The van der Waals surface area contributed by atoms with Gasteiger partial charge in [-0.05, 0) is 35.2 Å². The highest BCUT2D eigenvalue weighted by Gasteiger charge is 2.44. The van der Waals surface area contributed by atoms with E-state index < -0.39 is 5.54 Å². The third-order valence-electron chi connectivity index (χ3n) is 7.71. The number of morpholine rings is 1. The van der Waals surface area contributed by atoms with Crippen molar-refractivity contribution in [3.8, 4) is 5.75 Å². The number of nitrogens with zero attached hydrogens (tertiary/aromatic N) is 1. The molecule has 2 aliphatic rings. The van der Waals surface area contributed by atoms with Gasteiger partial charge in [0.1, 0.15) is 24.3 Å². The second kappa shape index (κ2) is 10.5. The molecule has 1 fully saturated rings. The zero-order valence-electron chi connectivity index (χ0n) is 21.2. The number of rotatable bonds is 7. The van der Waals surface area contributed by atoms with Crippen molar-refractivity contribution in [3.63, 3.8) is 0 Å². The number of carbonyl (C=O) groups excluding carboxylic acids is 1. The summed E-state index contributed by atoms with van der Waals surface area (Å²) < 4.78 is 26.6. The summed E-state index contributed by atoms with van der Waals surface area (Å²) in [6.45, 7) is 2.18. The Hall–Kier alpha value is -3.80. The van der Waals surface area contributed by atoms with Gasteiger partial charge in [0.15, 0.2) is 5.78 Å². The average molecular weight is 508 g/mol. The molecule has 1 saturated heterocycles. The van der Waals surface area contributed by atoms with Crippen LogP contribution in [0.4, 0.5) is 4.39 Å². The highest BCUT2D eigenvalue weighted by Crippen LogP contribution is 2.43. The van der Waals surface area contributed by atoms with E-state index in [9.17, 15) is 9.18 Å². The van der Waals surface area contributed by atoms with Crippen LogP contribution in [0.3, 0.4) is 0 Å². The molecule has 0 amide bonds. The van der Waals surface area contributed by atoms with E-state index in [1.165, 1.54) is 22.8 Å². The molecule has 0 N–H and O–H groups in total. The first-order valence-corrected chi connectivity index (χ1v) is 13.2. The van der Waals surface area contributed by atoms with E-state index in [0.717, 1.165) is 6.54 Å². The minimum atomic E-state index is -0.529. The summed E-state index contributed by atoms with van der Waals surface area (Å²) in [5.74, 6) is 0.0543. The Morgan fingerprint density at radius 1 is 0.816 bits per heavy atom. The van der Waals surface area contributed by atoms with E-state index in [2.05, 4.69) is 77.7 Å². The lowest BCUT2D eigenvalue weighted by Crippen LogP contribution is -2.56. The second-order valence-electron chi connectivity index (χ2n) is 9.88. The molecule has 38 heavy (non-hydrogen) atoms. The minimum absolute atomic E-state index is 0.0584. The fraction of sp³-hybridized carbons (Fsp3) is 0.242. The molecule has 1 aliphatic heterocycles. The lowest BCUT2D eigenvalue weighted by atomic mass is 9.75. The average Bonchev–Trinajstić information content (AvgIpc) is 3.38. The van der Waals surface area contributed by atoms with Crippen molar-refractivity contribution in [2.24, 2.45) is 0 Å². The molecule has 0 aromatic heterocycles. The molecule has 5 heteroatoms. The number of ketones is 1. The highest BCUT2D eigenvalue weighted by atomic mass is 19.1. The monoisotopic (exact) mass is 507 g/mol. The van der Waals surface area contributed by atoms with Gasteiger partial charge >= 0.3 is 0 Å². The van der Waals surface area contributed by atoms with E-state index in [-0.39, 0.29) is 24.3 Å². The summed E-state index contributed by atoms with van der Waals surface area (Å²) in [6.07, 6.45) is 0.531. The van der Waals surface area contributed by atoms with Gasteiger partial charge in [-0.15, -0.1) is 0 Å². The van der Waals surface area contributed by atoms with E-state index in [1.54, 1.807) is 6.07 Å². The number of halogens is 1. The zero-order chi connectivity index (χ0) is 26.0. The van der Waals surface area contributed by atoms with Gasteiger partial charge in [0.2, 0.25) is 0 Å². The number of hydrogen-bond acceptors (Lipinski definition) is 4. The molecule has 192 valence electrons. The molecule has 0 spiro atoms. The number of benzene rings is 4. The van der Waals surface area contributed by atoms with Crippen molar-refractivity contribution in [1.29, 1.82) is 0 Å². The molecule has 0 saturated carbocycles. The molecule has 0 bridgehead atoms. The Bertz CT molecular complexity index is 1310. The highest BCUT2D eigenvalue weighted by molar-refractivity contribution is 6.02. The topological polar surface area (TPSA) is 38.8 Å². The fourth-order valence-electron chi connectivity index (χ4n) is 6.03. The summed E-state index contributed by atoms with van der Waals surface area (Å²) in [6, 6.07) is 34.7. The largest absolute Gasteiger partial charge is 0.490 e. The molecule has 0 radical (unpaired) electrons. The second-order valence-corrected chi connectivity index (χ2v) is 9.88. The summed E-state index contributed by atoms with van der Waals surface area (Å²) in [5, 5.41) is 0. The van der Waals surface area contributed by atoms with Crippen LogP contribution in [0.2, 0.25) is 0 Å². The lowest BCUT2D eigenvalue weighted by Gasteiger charge is -2.48. The Kier molecular flexibility index (Phi) is 6.79. The van der Waals surface area contributed by atoms with Crippen LogP contribution in [0.1, 0.15) is 39.0 Å². The van der Waals surface area contributed by atoms with Crippen molar-refractivity contribution in [1.82, 2.24) is 4.90 Å². The molecule has 6 rings (SSSR count). The van der Waals surface area contributed by atoms with Crippen molar-refractivity contribution < 1.29 is 18.7 Å². The predicted octanol–water partition coefficient (Wildman–Crippen LogP) is 6.03. The van der Waals surface area contributed by atoms with Crippen LogP contribution in [0.25, 0.3) is 0 Å². The smallest absolute Gasteiger partial charge is 0.167 e. The van der Waals surface area contributed by atoms with Crippen LogP contribution >= 0.6 is 0 Å². The zero-order valence-corrected chi connectivity index (χ0v) is 21.2. The number of ether oxygens (including phenoxy) is 2. The first-order chi connectivity index (χ1) is 18.7. The van der Waals surface area contributed by atoms with Gasteiger partial charge in [-0.1, -0.05) is 91.0 Å². The first kappa shape index (κ1) is 24.5. The third kappa shape index (κ3) is 4.32. The van der Waals surface area contributed by atoms with Crippen LogP contribution in [-0.4, -0.2) is 43.1 Å². The molecular formula is C33H30FNO3. The summed E-state index contributed by atoms with van der Waals surface area (Å²) in [4.78, 5) is 14.9. The molecule has 4 aromatic carbocycles. The standard InChI is InChI=1S/C33H30FNO3/c34-29-17-19-31(32-28(29)16-18-30(32)36)38-23-27-22-35(20-21-37-27)33(24-10-4-1-5-11-24,25-12-6-2-7-13-25)26-14-8-3-9-15-26/h1-15,17,19,27H,16,18,20-23H2. The Morgan fingerprint density at radius 2 is 1.39 bits per heavy atom. The molecule has 1 atom stereocenters. The fourth-order valence-corrected chi connectivity index (χ4v) is 6.03. The number of carbonyl (C=O) groups is 1. The molecule has 4 aromatic rings. The number of fused-ring (bicyclic) bond motifs is 1. The van der Waals surface area contributed by atoms with Crippen LogP contribution in [0.15, 0.2) is 103 Å². The van der Waals surface area contributed by atoms with E-state index in [1.807, 2.05) is 18.2 Å². The Morgan fingerprint density at radius 3 is 1.97 bits per heavy atom. The quantitative estimate of drug-likeness (QED) is 0.287. The molecular weight excluding hydrogens is 477 g/mol. The summed E-state index contributed by atoms with van der Waals surface area (Å²) in [7, 11) is 0. The van der Waals surface area contributed by atoms with Gasteiger partial charge in [-0.2, -0.15) is 0 Å². The van der Waals surface area contributed by atoms with Gasteiger partial charge in [-0.3, -0.25) is 9.69 Å². The molecule has 1 aliphatic carbocycles. The van der Waals surface area contributed by atoms with Gasteiger partial charge < -0.3 is 9.47 Å². The minimum Gasteiger partial charge on any atom is -0.490 e. The predicted molar refractivity (Wildman–Crippen MR) is 145 cm³/mol. The number of hydrogen-bond donors (Lipinski definition) is 0. The van der Waals surface area contributed by atoms with Gasteiger partial charge in [-0.25, -0.2) is 4.39 Å². The van der Waals surface area contributed by atoms with E-state index in [4.69, 9.17) is 9.47 Å². The lowest BCUT2D eigenvalue weighted by molar-refractivity contribution is -0.0695. The van der Waals surface area contributed by atoms with Crippen molar-refractivity contribution in [2.75, 3.05) is 26.3 Å². The molecule has 1 unspecified atom stereocenters. The van der Waals surface area contributed by atoms with Crippen LogP contribution in [-0.2, 0) is 16.7 Å². The Labute approximate surface area is 222 Å². The Balaban J connectivity index is 1.35. The van der Waals surface area contributed by atoms with Crippen molar-refractivity contribution in [2.45, 2.75) is 24.5 Å². The van der Waals surface area contributed by atoms with E-state index in [0.29, 0.717) is 42.9 Å². The van der Waals surface area contributed by atoms with Gasteiger partial charge in [0.25, 0.3) is 0 Å². The third-order valence-corrected chi connectivity index (χ3v) is 7.71. The summed E-state index contributed by atoms with van der Waals surface area (Å²) >= 11 is 0. The van der Waals surface area contributed by atoms with Crippen LogP contribution in [0, 0.1) is 5.82 Å². The maximum atomic E-state index is 14.3. The van der Waals surface area contributed by atoms with Crippen LogP contribution < -0.4 is 4.74 Å². The molecule has 4 nitrogen and oxygen atoms in total. The molecule has 1 heterocycles. The summed E-state index contributed by atoms with van der Waals surface area (Å²) in [5.41, 5.74) is 3.88. The SMILES string of the molecule is O=C1CCc2c(F)ccc(OCC3CN(C(c4ccccc4)(c4ccccc4)c4ccccc4)CCO3)c21. The van der Waals surface area contributed by atoms with Crippen molar-refractivity contribution >= 4 is 5.78 Å². The van der Waals surface area contributed by atoms with Gasteiger partial charge in [0, 0.05) is 25.1 Å². The maximum absolute atomic E-state index is 14.3. The normalized spacial score (nSPS) is 17.8. The van der Waals surface area contributed by atoms with Gasteiger partial charge in [0.05, 0.1) is 17.7 Å². The van der Waals surface area contributed by atoms with Crippen LogP contribution in [0.5, 0.6) is 5.75 Å². The maximum Gasteiger partial charge on any atom is 0.167 e. The first-order valence-electron chi connectivity index (χ1n) is 13.2. The number of Topliss-reactive ketones (excluding diaryl/α,β-unsaturated/α-hetero) is 1.